The van der Waals surface area contributed by atoms with Gasteiger partial charge in [0, 0.05) is 19.3 Å². The average Bonchev–Trinajstić information content (AvgIpc) is 3.33. The highest BCUT2D eigenvalue weighted by Crippen LogP contribution is 2.10. The van der Waals surface area contributed by atoms with Crippen molar-refractivity contribution in [3.63, 3.8) is 0 Å². The van der Waals surface area contributed by atoms with Crippen molar-refractivity contribution >= 4 is 17.9 Å². The fraction of sp³-hybridized carbons (Fsp3) is 0.525. The number of ether oxygens (including phenoxy) is 3. The summed E-state index contributed by atoms with van der Waals surface area (Å²) < 4.78 is 16.7. The maximum Gasteiger partial charge on any atom is 0.306 e. The first-order valence-electron chi connectivity index (χ1n) is 26.0. The van der Waals surface area contributed by atoms with Crippen molar-refractivity contribution in [1.82, 2.24) is 0 Å². The van der Waals surface area contributed by atoms with E-state index in [0.29, 0.717) is 19.3 Å². The van der Waals surface area contributed by atoms with E-state index >= 15 is 0 Å². The average molecular weight is 921 g/mol. The Morgan fingerprint density at radius 3 is 1.10 bits per heavy atom. The van der Waals surface area contributed by atoms with Crippen molar-refractivity contribution in [2.75, 3.05) is 13.2 Å². The largest absolute Gasteiger partial charge is 0.462 e. The zero-order valence-electron chi connectivity index (χ0n) is 42.3. The Morgan fingerprint density at radius 1 is 0.328 bits per heavy atom. The Morgan fingerprint density at radius 2 is 0.672 bits per heavy atom. The van der Waals surface area contributed by atoms with Gasteiger partial charge in [0.2, 0.25) is 0 Å². The van der Waals surface area contributed by atoms with Crippen LogP contribution >= 0.6 is 0 Å². The van der Waals surface area contributed by atoms with E-state index in [0.717, 1.165) is 109 Å². The smallest absolute Gasteiger partial charge is 0.306 e. The Balaban J connectivity index is 4.62. The van der Waals surface area contributed by atoms with Crippen LogP contribution in [-0.2, 0) is 28.6 Å². The minimum Gasteiger partial charge on any atom is -0.462 e. The SMILES string of the molecule is CC/C=C/C=C/C=C/C=C/CCCCCC(=O)OCC(COC(=O)CCCCC/C=C/C/C=C/C/C=C/C/C=C/C/C=C/CC)OC(=O)CCC/C=C/C/C=C/C/C=C/C/C=C/CCCCC. The second kappa shape index (κ2) is 53.6. The number of carbonyl (C=O) groups excluding carboxylic acids is 3. The predicted octanol–water partition coefficient (Wildman–Crippen LogP) is 17.4. The number of esters is 3. The molecule has 0 saturated heterocycles. The van der Waals surface area contributed by atoms with Gasteiger partial charge in [-0.25, -0.2) is 0 Å². The zero-order chi connectivity index (χ0) is 48.6. The Bertz CT molecular complexity index is 1570. The maximum absolute atomic E-state index is 12.8. The van der Waals surface area contributed by atoms with Crippen molar-refractivity contribution in [3.05, 3.63) is 158 Å². The van der Waals surface area contributed by atoms with E-state index < -0.39 is 12.1 Å². The summed E-state index contributed by atoms with van der Waals surface area (Å²) in [5.41, 5.74) is 0. The fourth-order valence-corrected chi connectivity index (χ4v) is 6.23. The summed E-state index contributed by atoms with van der Waals surface area (Å²) in [6, 6.07) is 0. The molecule has 0 spiro atoms. The van der Waals surface area contributed by atoms with E-state index in [2.05, 4.69) is 142 Å². The molecular formula is C61H92O6. The van der Waals surface area contributed by atoms with Crippen LogP contribution in [0, 0.1) is 0 Å². The molecule has 0 aliphatic rings. The lowest BCUT2D eigenvalue weighted by Gasteiger charge is -2.18. The first kappa shape index (κ1) is 62.0. The number of unbranched alkanes of at least 4 members (excludes halogenated alkanes) is 10. The molecule has 1 unspecified atom stereocenters. The van der Waals surface area contributed by atoms with E-state index in [9.17, 15) is 14.4 Å². The van der Waals surface area contributed by atoms with E-state index in [4.69, 9.17) is 14.2 Å². The highest BCUT2D eigenvalue weighted by molar-refractivity contribution is 5.71. The Labute approximate surface area is 409 Å². The van der Waals surface area contributed by atoms with Gasteiger partial charge in [0.25, 0.3) is 0 Å². The van der Waals surface area contributed by atoms with E-state index in [-0.39, 0.29) is 38.0 Å². The van der Waals surface area contributed by atoms with E-state index in [1.54, 1.807) is 0 Å². The summed E-state index contributed by atoms with van der Waals surface area (Å²) in [5, 5.41) is 0. The first-order chi connectivity index (χ1) is 33.0. The molecule has 1 atom stereocenters. The van der Waals surface area contributed by atoms with Crippen LogP contribution in [0.4, 0.5) is 0 Å². The van der Waals surface area contributed by atoms with Gasteiger partial charge in [-0.15, -0.1) is 0 Å². The van der Waals surface area contributed by atoms with Crippen LogP contribution < -0.4 is 0 Å². The molecule has 0 fully saturated rings. The molecule has 0 rings (SSSR count). The minimum atomic E-state index is -0.844. The van der Waals surface area contributed by atoms with Gasteiger partial charge in [-0.2, -0.15) is 0 Å². The van der Waals surface area contributed by atoms with Crippen molar-refractivity contribution in [2.45, 2.75) is 194 Å². The van der Waals surface area contributed by atoms with Crippen LogP contribution in [0.5, 0.6) is 0 Å². The van der Waals surface area contributed by atoms with Gasteiger partial charge in [-0.3, -0.25) is 14.4 Å². The van der Waals surface area contributed by atoms with Gasteiger partial charge in [0.15, 0.2) is 6.10 Å². The highest BCUT2D eigenvalue weighted by Gasteiger charge is 2.19. The molecule has 0 aliphatic carbocycles. The van der Waals surface area contributed by atoms with E-state index in [1.807, 2.05) is 36.5 Å². The van der Waals surface area contributed by atoms with Crippen LogP contribution in [0.3, 0.4) is 0 Å². The second-order valence-electron chi connectivity index (χ2n) is 16.4. The molecule has 0 aromatic rings. The summed E-state index contributed by atoms with van der Waals surface area (Å²) >= 11 is 0. The molecule has 0 aromatic heterocycles. The molecule has 0 aromatic carbocycles. The van der Waals surface area contributed by atoms with E-state index in [1.165, 1.54) is 25.7 Å². The molecule has 0 amide bonds. The summed E-state index contributed by atoms with van der Waals surface area (Å²) in [6.45, 7) is 6.21. The minimum absolute atomic E-state index is 0.138. The Kier molecular flexibility index (Phi) is 49.7. The normalized spacial score (nSPS) is 13.4. The van der Waals surface area contributed by atoms with Gasteiger partial charge < -0.3 is 14.2 Å². The first-order valence-corrected chi connectivity index (χ1v) is 26.0. The van der Waals surface area contributed by atoms with Crippen molar-refractivity contribution in [1.29, 1.82) is 0 Å². The van der Waals surface area contributed by atoms with Gasteiger partial charge in [-0.1, -0.05) is 204 Å². The van der Waals surface area contributed by atoms with Gasteiger partial charge in [-0.05, 0) is 122 Å². The van der Waals surface area contributed by atoms with Gasteiger partial charge >= 0.3 is 17.9 Å². The fourth-order valence-electron chi connectivity index (χ4n) is 6.23. The lowest BCUT2D eigenvalue weighted by atomic mass is 10.1. The molecule has 6 heteroatoms. The molecule has 0 heterocycles. The van der Waals surface area contributed by atoms with Gasteiger partial charge in [0.1, 0.15) is 13.2 Å². The molecule has 0 radical (unpaired) electrons. The monoisotopic (exact) mass is 921 g/mol. The standard InChI is InChI=1S/C61H92O6/c1-4-7-10-13-16-19-22-25-27-29-30-32-33-36-39-42-45-48-51-54-60(63)66-57-58(56-65-59(62)53-50-47-44-41-38-35-24-21-18-15-12-9-6-3)67-61(64)55-52-49-46-43-40-37-34-31-28-26-23-20-17-14-11-8-5-2/h7,9-10,12,15-21,24-28,30,32,34-39,43,46,58H,4-6,8,11,13-14,22-23,29,31,33,40-42,44-45,47-57H2,1-3H3/b10-7+,12-9+,18-15+,19-16+,20-17+,24-21+,27-25+,28-26+,32-30+,37-34+,38-35+,39-36+,46-43+. The molecule has 0 bridgehead atoms. The number of hydrogen-bond acceptors (Lipinski definition) is 6. The summed E-state index contributed by atoms with van der Waals surface area (Å²) in [5.74, 6) is -1.08. The summed E-state index contributed by atoms with van der Waals surface area (Å²) in [6.07, 6.45) is 78.0. The summed E-state index contributed by atoms with van der Waals surface area (Å²) in [7, 11) is 0. The van der Waals surface area contributed by atoms with Crippen LogP contribution in [-0.4, -0.2) is 37.2 Å². The van der Waals surface area contributed by atoms with Crippen molar-refractivity contribution in [2.24, 2.45) is 0 Å². The molecule has 0 saturated carbocycles. The number of allylic oxidation sites excluding steroid dienone is 26. The molecule has 0 N–H and O–H groups in total. The van der Waals surface area contributed by atoms with Crippen molar-refractivity contribution in [3.8, 4) is 0 Å². The number of rotatable bonds is 44. The molecule has 0 aliphatic heterocycles. The third kappa shape index (κ3) is 51.9. The number of carbonyl (C=O) groups is 3. The quantitative estimate of drug-likeness (QED) is 0.0199. The topological polar surface area (TPSA) is 78.9 Å². The van der Waals surface area contributed by atoms with Crippen molar-refractivity contribution < 1.29 is 28.6 Å². The third-order valence-corrected chi connectivity index (χ3v) is 10.1. The zero-order valence-corrected chi connectivity index (χ0v) is 42.3. The highest BCUT2D eigenvalue weighted by atomic mass is 16.6. The molecule has 372 valence electrons. The summed E-state index contributed by atoms with van der Waals surface area (Å²) in [4.78, 5) is 38.0. The number of hydrogen-bond donors (Lipinski definition) is 0. The Hall–Kier alpha value is -4.97. The second-order valence-corrected chi connectivity index (χ2v) is 16.4. The van der Waals surface area contributed by atoms with Crippen LogP contribution in [0.1, 0.15) is 188 Å². The van der Waals surface area contributed by atoms with Crippen LogP contribution in [0.25, 0.3) is 0 Å². The third-order valence-electron chi connectivity index (χ3n) is 10.1. The van der Waals surface area contributed by atoms with Crippen LogP contribution in [0.15, 0.2) is 158 Å². The molecular weight excluding hydrogens is 829 g/mol. The van der Waals surface area contributed by atoms with Crippen LogP contribution in [0.2, 0.25) is 0 Å². The molecule has 67 heavy (non-hydrogen) atoms. The molecule has 6 nitrogen and oxygen atoms in total. The maximum atomic E-state index is 12.8. The lowest BCUT2D eigenvalue weighted by molar-refractivity contribution is -0.167. The van der Waals surface area contributed by atoms with Gasteiger partial charge in [0.05, 0.1) is 0 Å². The lowest BCUT2D eigenvalue weighted by Crippen LogP contribution is -2.30. The predicted molar refractivity (Wildman–Crippen MR) is 288 cm³/mol.